The van der Waals surface area contributed by atoms with Gasteiger partial charge in [0.05, 0.1) is 17.9 Å². The highest BCUT2D eigenvalue weighted by atomic mass is 19.1. The molecule has 2 amide bonds. The number of anilines is 1. The summed E-state index contributed by atoms with van der Waals surface area (Å²) in [6.07, 6.45) is 4.44. The molecular formula is C17H19FN4O2. The van der Waals surface area contributed by atoms with Crippen molar-refractivity contribution in [3.63, 3.8) is 0 Å². The molecule has 7 heteroatoms. The molecule has 0 fully saturated rings. The molecule has 0 aliphatic heterocycles. The lowest BCUT2D eigenvalue weighted by Crippen LogP contribution is -2.41. The maximum absolute atomic E-state index is 14.0. The zero-order chi connectivity index (χ0) is 17.3. The number of rotatable bonds is 2. The van der Waals surface area contributed by atoms with Crippen molar-refractivity contribution in [1.29, 1.82) is 0 Å². The summed E-state index contributed by atoms with van der Waals surface area (Å²) in [5.41, 5.74) is 1.81. The first-order valence-corrected chi connectivity index (χ1v) is 7.83. The van der Waals surface area contributed by atoms with Crippen molar-refractivity contribution in [3.8, 4) is 0 Å². The largest absolute Gasteiger partial charge is 0.341 e. The van der Waals surface area contributed by atoms with Gasteiger partial charge in [-0.15, -0.1) is 0 Å². The quantitative estimate of drug-likeness (QED) is 0.826. The van der Waals surface area contributed by atoms with E-state index in [0.29, 0.717) is 17.7 Å². The standard InChI is InChI=1S/C17H19FN4O2/c1-10-6-7-12-13(4-3-5-14(12)18)15(10)21-17(24)16(23)20-11-8-19-22(2)9-11/h3-5,8-10,15H,6-7H2,1-2H3,(H,20,23)(H,21,24)/t10-,15+/m1/s1. The molecule has 0 unspecified atom stereocenters. The summed E-state index contributed by atoms with van der Waals surface area (Å²) in [5, 5.41) is 9.15. The third-order valence-electron chi connectivity index (χ3n) is 4.36. The van der Waals surface area contributed by atoms with Gasteiger partial charge in [0.2, 0.25) is 0 Å². The Morgan fingerprint density at radius 1 is 1.33 bits per heavy atom. The van der Waals surface area contributed by atoms with Crippen molar-refractivity contribution in [1.82, 2.24) is 15.1 Å². The average molecular weight is 330 g/mol. The van der Waals surface area contributed by atoms with Crippen molar-refractivity contribution in [2.75, 3.05) is 5.32 Å². The molecule has 1 heterocycles. The number of carbonyl (C=O) groups excluding carboxylic acids is 2. The number of nitrogens with one attached hydrogen (secondary N) is 2. The van der Waals surface area contributed by atoms with Crippen LogP contribution in [-0.4, -0.2) is 21.6 Å². The first-order valence-electron chi connectivity index (χ1n) is 7.83. The van der Waals surface area contributed by atoms with Crippen LogP contribution in [0, 0.1) is 11.7 Å². The van der Waals surface area contributed by atoms with Crippen LogP contribution < -0.4 is 10.6 Å². The fourth-order valence-electron chi connectivity index (χ4n) is 3.08. The molecule has 6 nitrogen and oxygen atoms in total. The molecule has 0 spiro atoms. The van der Waals surface area contributed by atoms with Gasteiger partial charge in [-0.25, -0.2) is 4.39 Å². The van der Waals surface area contributed by atoms with Crippen molar-refractivity contribution in [3.05, 3.63) is 47.5 Å². The van der Waals surface area contributed by atoms with Crippen LogP contribution in [0.1, 0.15) is 30.5 Å². The number of fused-ring (bicyclic) bond motifs is 1. The first kappa shape index (κ1) is 16.2. The van der Waals surface area contributed by atoms with E-state index in [0.717, 1.165) is 12.0 Å². The highest BCUT2D eigenvalue weighted by Gasteiger charge is 2.31. The monoisotopic (exact) mass is 330 g/mol. The van der Waals surface area contributed by atoms with Gasteiger partial charge in [-0.05, 0) is 36.0 Å². The van der Waals surface area contributed by atoms with Crippen molar-refractivity contribution < 1.29 is 14.0 Å². The van der Waals surface area contributed by atoms with Crippen molar-refractivity contribution in [2.24, 2.45) is 13.0 Å². The van der Waals surface area contributed by atoms with Gasteiger partial charge >= 0.3 is 11.8 Å². The van der Waals surface area contributed by atoms with Crippen LogP contribution in [0.4, 0.5) is 10.1 Å². The molecule has 0 radical (unpaired) electrons. The van der Waals surface area contributed by atoms with E-state index >= 15 is 0 Å². The molecule has 1 aliphatic carbocycles. The minimum absolute atomic E-state index is 0.120. The summed E-state index contributed by atoms with van der Waals surface area (Å²) < 4.78 is 15.5. The van der Waals surface area contributed by atoms with Crippen LogP contribution in [-0.2, 0) is 23.1 Å². The highest BCUT2D eigenvalue weighted by Crippen LogP contribution is 2.35. The van der Waals surface area contributed by atoms with E-state index in [9.17, 15) is 14.0 Å². The summed E-state index contributed by atoms with van der Waals surface area (Å²) in [7, 11) is 1.71. The van der Waals surface area contributed by atoms with Gasteiger partial charge < -0.3 is 10.6 Å². The Morgan fingerprint density at radius 3 is 2.83 bits per heavy atom. The lowest BCUT2D eigenvalue weighted by molar-refractivity contribution is -0.136. The van der Waals surface area contributed by atoms with Gasteiger partial charge in [0.25, 0.3) is 0 Å². The fraction of sp³-hybridized carbons (Fsp3) is 0.353. The number of hydrogen-bond acceptors (Lipinski definition) is 3. The molecule has 1 aromatic carbocycles. The number of aryl methyl sites for hydroxylation is 1. The predicted octanol–water partition coefficient (Wildman–Crippen LogP) is 1.94. The SMILES string of the molecule is C[C@@H]1CCc2c(F)cccc2[C@H]1NC(=O)C(=O)Nc1cnn(C)c1. The lowest BCUT2D eigenvalue weighted by Gasteiger charge is -2.32. The van der Waals surface area contributed by atoms with E-state index in [-0.39, 0.29) is 17.8 Å². The number of hydrogen-bond donors (Lipinski definition) is 2. The van der Waals surface area contributed by atoms with Crippen LogP contribution in [0.3, 0.4) is 0 Å². The average Bonchev–Trinajstić information content (AvgIpc) is 2.95. The Kier molecular flexibility index (Phi) is 4.33. The normalized spacial score (nSPS) is 19.5. The van der Waals surface area contributed by atoms with Crippen LogP contribution in [0.2, 0.25) is 0 Å². The molecular weight excluding hydrogens is 311 g/mol. The second-order valence-corrected chi connectivity index (χ2v) is 6.13. The number of halogens is 1. The number of amides is 2. The summed E-state index contributed by atoms with van der Waals surface area (Å²) in [6, 6.07) is 4.47. The molecule has 24 heavy (non-hydrogen) atoms. The second-order valence-electron chi connectivity index (χ2n) is 6.13. The first-order chi connectivity index (χ1) is 11.5. The van der Waals surface area contributed by atoms with E-state index in [2.05, 4.69) is 15.7 Å². The molecule has 1 aromatic heterocycles. The van der Waals surface area contributed by atoms with E-state index in [1.165, 1.54) is 16.9 Å². The Morgan fingerprint density at radius 2 is 2.12 bits per heavy atom. The molecule has 126 valence electrons. The zero-order valence-electron chi connectivity index (χ0n) is 13.5. The van der Waals surface area contributed by atoms with Crippen molar-refractivity contribution >= 4 is 17.5 Å². The topological polar surface area (TPSA) is 76.0 Å². The smallest absolute Gasteiger partial charge is 0.313 e. The van der Waals surface area contributed by atoms with Gasteiger partial charge in [-0.1, -0.05) is 19.1 Å². The minimum Gasteiger partial charge on any atom is -0.341 e. The number of benzene rings is 1. The minimum atomic E-state index is -0.765. The van der Waals surface area contributed by atoms with Crippen LogP contribution >= 0.6 is 0 Å². The summed E-state index contributed by atoms with van der Waals surface area (Å²) in [6.45, 7) is 1.98. The van der Waals surface area contributed by atoms with E-state index in [4.69, 9.17) is 0 Å². The summed E-state index contributed by atoms with van der Waals surface area (Å²) in [5.74, 6) is -1.65. The molecule has 0 saturated heterocycles. The van der Waals surface area contributed by atoms with E-state index in [1.807, 2.05) is 6.92 Å². The maximum atomic E-state index is 14.0. The molecule has 3 rings (SSSR count). The Hall–Kier alpha value is -2.70. The fourth-order valence-corrected chi connectivity index (χ4v) is 3.08. The third-order valence-corrected chi connectivity index (χ3v) is 4.36. The van der Waals surface area contributed by atoms with Gasteiger partial charge in [0, 0.05) is 13.2 Å². The number of carbonyl (C=O) groups is 2. The predicted molar refractivity (Wildman–Crippen MR) is 86.6 cm³/mol. The van der Waals surface area contributed by atoms with Gasteiger partial charge in [0.1, 0.15) is 5.82 Å². The Balaban J connectivity index is 1.74. The van der Waals surface area contributed by atoms with Crippen LogP contribution in [0.5, 0.6) is 0 Å². The molecule has 0 bridgehead atoms. The highest BCUT2D eigenvalue weighted by molar-refractivity contribution is 6.39. The molecule has 2 aromatic rings. The lowest BCUT2D eigenvalue weighted by atomic mass is 9.80. The summed E-state index contributed by atoms with van der Waals surface area (Å²) in [4.78, 5) is 24.3. The zero-order valence-corrected chi connectivity index (χ0v) is 13.5. The van der Waals surface area contributed by atoms with Gasteiger partial charge in [0.15, 0.2) is 0 Å². The van der Waals surface area contributed by atoms with Crippen LogP contribution in [0.15, 0.2) is 30.6 Å². The molecule has 2 atom stereocenters. The second kappa shape index (κ2) is 6.43. The number of aromatic nitrogens is 2. The third kappa shape index (κ3) is 3.15. The number of nitrogens with zero attached hydrogens (tertiary/aromatic N) is 2. The van der Waals surface area contributed by atoms with Gasteiger partial charge in [-0.2, -0.15) is 5.10 Å². The maximum Gasteiger partial charge on any atom is 0.313 e. The van der Waals surface area contributed by atoms with E-state index in [1.54, 1.807) is 25.4 Å². The Labute approximate surface area is 139 Å². The molecule has 1 aliphatic rings. The van der Waals surface area contributed by atoms with Crippen LogP contribution in [0.25, 0.3) is 0 Å². The molecule has 0 saturated carbocycles. The molecule has 2 N–H and O–H groups in total. The Bertz CT molecular complexity index is 787. The van der Waals surface area contributed by atoms with E-state index < -0.39 is 11.8 Å². The summed E-state index contributed by atoms with van der Waals surface area (Å²) >= 11 is 0. The van der Waals surface area contributed by atoms with Gasteiger partial charge in [-0.3, -0.25) is 14.3 Å². The van der Waals surface area contributed by atoms with Crippen molar-refractivity contribution in [2.45, 2.75) is 25.8 Å².